The Morgan fingerprint density at radius 1 is 1.36 bits per heavy atom. The number of carbonyl (C=O) groups excluding carboxylic acids is 1. The van der Waals surface area contributed by atoms with Crippen LogP contribution in [0.25, 0.3) is 11.0 Å². The summed E-state index contributed by atoms with van der Waals surface area (Å²) >= 11 is 0. The normalized spacial score (nSPS) is 30.6. The van der Waals surface area contributed by atoms with Crippen molar-refractivity contribution in [2.45, 2.75) is 24.4 Å². The molecule has 1 amide bonds. The van der Waals surface area contributed by atoms with Gasteiger partial charge < -0.3 is 19.9 Å². The molecule has 116 valence electrons. The number of ether oxygens (including phenoxy) is 2. The Morgan fingerprint density at radius 2 is 2.18 bits per heavy atom. The summed E-state index contributed by atoms with van der Waals surface area (Å²) in [7, 11) is 1.80. The third kappa shape index (κ3) is 2.07. The monoisotopic (exact) mass is 304 g/mol. The van der Waals surface area contributed by atoms with Crippen molar-refractivity contribution in [3.05, 3.63) is 24.0 Å². The molecule has 2 N–H and O–H groups in total. The summed E-state index contributed by atoms with van der Waals surface area (Å²) in [6, 6.07) is 1.49. The highest BCUT2D eigenvalue weighted by molar-refractivity contribution is 5.96. The third-order valence-corrected chi connectivity index (χ3v) is 4.21. The van der Waals surface area contributed by atoms with E-state index in [0.29, 0.717) is 12.2 Å². The molecule has 8 nitrogen and oxygen atoms in total. The highest BCUT2D eigenvalue weighted by atomic mass is 16.6. The van der Waals surface area contributed by atoms with Crippen LogP contribution in [-0.2, 0) is 16.5 Å². The fraction of sp³-hybridized carbons (Fsp3) is 0.500. The number of pyridine rings is 1. The fourth-order valence-electron chi connectivity index (χ4n) is 3.00. The molecule has 8 heteroatoms. The molecule has 0 unspecified atom stereocenters. The number of nitrogens with one attached hydrogen (secondary N) is 1. The first kappa shape index (κ1) is 13.6. The van der Waals surface area contributed by atoms with Gasteiger partial charge in [0.1, 0.15) is 23.8 Å². The van der Waals surface area contributed by atoms with Crippen LogP contribution in [0, 0.1) is 0 Å². The van der Waals surface area contributed by atoms with Crippen molar-refractivity contribution in [1.82, 2.24) is 20.1 Å². The SMILES string of the molecule is Cn1ncc2ncc(C(=O)N[C@H]3CO[C@H]4[C@@H]3OC[C@H]4O)cc21. The third-order valence-electron chi connectivity index (χ3n) is 4.21. The molecular weight excluding hydrogens is 288 g/mol. The van der Waals surface area contributed by atoms with E-state index in [1.165, 1.54) is 6.20 Å². The zero-order chi connectivity index (χ0) is 15.3. The van der Waals surface area contributed by atoms with Gasteiger partial charge in [-0.3, -0.25) is 14.5 Å². The van der Waals surface area contributed by atoms with E-state index in [0.717, 1.165) is 11.0 Å². The first-order chi connectivity index (χ1) is 10.6. The number of rotatable bonds is 2. The Labute approximate surface area is 126 Å². The van der Waals surface area contributed by atoms with Gasteiger partial charge in [-0.25, -0.2) is 0 Å². The number of nitrogens with zero attached hydrogens (tertiary/aromatic N) is 3. The summed E-state index contributed by atoms with van der Waals surface area (Å²) in [6.07, 6.45) is 1.90. The van der Waals surface area contributed by atoms with E-state index in [4.69, 9.17) is 9.47 Å². The van der Waals surface area contributed by atoms with Crippen LogP contribution in [0.4, 0.5) is 0 Å². The van der Waals surface area contributed by atoms with Crippen molar-refractivity contribution >= 4 is 16.9 Å². The van der Waals surface area contributed by atoms with Crippen LogP contribution in [-0.4, -0.2) is 63.3 Å². The van der Waals surface area contributed by atoms with Crippen LogP contribution in [0.5, 0.6) is 0 Å². The van der Waals surface area contributed by atoms with Crippen molar-refractivity contribution in [1.29, 1.82) is 0 Å². The second kappa shape index (κ2) is 5.01. The van der Waals surface area contributed by atoms with Gasteiger partial charge in [-0.15, -0.1) is 0 Å². The predicted octanol–water partition coefficient (Wildman–Crippen LogP) is -0.775. The first-order valence-electron chi connectivity index (χ1n) is 7.13. The van der Waals surface area contributed by atoms with Crippen molar-refractivity contribution in [3.8, 4) is 0 Å². The Morgan fingerprint density at radius 3 is 3.05 bits per heavy atom. The number of amides is 1. The lowest BCUT2D eigenvalue weighted by atomic mass is 10.1. The van der Waals surface area contributed by atoms with Crippen LogP contribution in [0.15, 0.2) is 18.5 Å². The summed E-state index contributed by atoms with van der Waals surface area (Å²) in [4.78, 5) is 16.6. The maximum Gasteiger partial charge on any atom is 0.253 e. The summed E-state index contributed by atoms with van der Waals surface area (Å²) in [6.45, 7) is 0.573. The zero-order valence-corrected chi connectivity index (χ0v) is 12.0. The molecule has 2 aromatic rings. The lowest BCUT2D eigenvalue weighted by Gasteiger charge is -2.17. The summed E-state index contributed by atoms with van der Waals surface area (Å²) in [5.41, 5.74) is 1.99. The van der Waals surface area contributed by atoms with Crippen molar-refractivity contribution in [3.63, 3.8) is 0 Å². The number of aromatic nitrogens is 3. The summed E-state index contributed by atoms with van der Waals surface area (Å²) < 4.78 is 12.7. The maximum atomic E-state index is 12.4. The second-order valence-electron chi connectivity index (χ2n) is 5.64. The molecule has 0 saturated carbocycles. The quantitative estimate of drug-likeness (QED) is 0.755. The highest BCUT2D eigenvalue weighted by Crippen LogP contribution is 2.27. The first-order valence-corrected chi connectivity index (χ1v) is 7.13. The molecule has 4 atom stereocenters. The van der Waals surface area contributed by atoms with Gasteiger partial charge in [0.05, 0.1) is 36.5 Å². The molecule has 0 aromatic carbocycles. The number of hydrogen-bond acceptors (Lipinski definition) is 6. The molecule has 4 rings (SSSR count). The minimum atomic E-state index is -0.626. The van der Waals surface area contributed by atoms with E-state index >= 15 is 0 Å². The minimum Gasteiger partial charge on any atom is -0.388 e. The molecule has 2 fully saturated rings. The van der Waals surface area contributed by atoms with Crippen LogP contribution < -0.4 is 5.32 Å². The lowest BCUT2D eigenvalue weighted by Crippen LogP contribution is -2.44. The van der Waals surface area contributed by atoms with E-state index in [9.17, 15) is 9.90 Å². The van der Waals surface area contributed by atoms with Gasteiger partial charge in [-0.1, -0.05) is 0 Å². The molecule has 0 spiro atoms. The summed E-state index contributed by atoms with van der Waals surface area (Å²) in [5, 5.41) is 16.7. The molecule has 2 aliphatic heterocycles. The van der Waals surface area contributed by atoms with E-state index in [1.54, 1.807) is 24.0 Å². The average molecular weight is 304 g/mol. The summed E-state index contributed by atoms with van der Waals surface area (Å²) in [5.74, 6) is -0.241. The van der Waals surface area contributed by atoms with Gasteiger partial charge in [0.2, 0.25) is 0 Å². The Balaban J connectivity index is 1.53. The smallest absolute Gasteiger partial charge is 0.253 e. The van der Waals surface area contributed by atoms with E-state index in [-0.39, 0.29) is 30.8 Å². The topological polar surface area (TPSA) is 98.5 Å². The van der Waals surface area contributed by atoms with E-state index in [2.05, 4.69) is 15.4 Å². The number of carbonyl (C=O) groups is 1. The molecule has 2 aliphatic rings. The molecule has 0 bridgehead atoms. The van der Waals surface area contributed by atoms with Crippen LogP contribution >= 0.6 is 0 Å². The Kier molecular flexibility index (Phi) is 3.10. The van der Waals surface area contributed by atoms with Crippen molar-refractivity contribution < 1.29 is 19.4 Å². The Bertz CT molecular complexity index is 731. The van der Waals surface area contributed by atoms with Gasteiger partial charge in [-0.05, 0) is 6.07 Å². The van der Waals surface area contributed by atoms with Crippen molar-refractivity contribution in [2.24, 2.45) is 7.05 Å². The number of aliphatic hydroxyl groups excluding tert-OH is 1. The molecule has 0 aliphatic carbocycles. The van der Waals surface area contributed by atoms with Gasteiger partial charge in [-0.2, -0.15) is 5.10 Å². The van der Waals surface area contributed by atoms with E-state index in [1.807, 2.05) is 0 Å². The minimum absolute atomic E-state index is 0.240. The molecule has 2 saturated heterocycles. The van der Waals surface area contributed by atoms with Crippen LogP contribution in [0.3, 0.4) is 0 Å². The van der Waals surface area contributed by atoms with Crippen molar-refractivity contribution in [2.75, 3.05) is 13.2 Å². The largest absolute Gasteiger partial charge is 0.388 e. The van der Waals surface area contributed by atoms with Gasteiger partial charge in [0, 0.05) is 13.2 Å². The predicted molar refractivity (Wildman–Crippen MR) is 75.3 cm³/mol. The maximum absolute atomic E-state index is 12.4. The number of hydrogen-bond donors (Lipinski definition) is 2. The Hall–Kier alpha value is -2.03. The fourth-order valence-corrected chi connectivity index (χ4v) is 3.00. The lowest BCUT2D eigenvalue weighted by molar-refractivity contribution is 0.0178. The van der Waals surface area contributed by atoms with E-state index < -0.39 is 6.10 Å². The molecular formula is C14H16N4O4. The number of fused-ring (bicyclic) bond motifs is 2. The highest BCUT2D eigenvalue weighted by Gasteiger charge is 2.47. The van der Waals surface area contributed by atoms with Gasteiger partial charge in [0.25, 0.3) is 5.91 Å². The number of aliphatic hydroxyl groups is 1. The molecule has 0 radical (unpaired) electrons. The number of aryl methyl sites for hydroxylation is 1. The second-order valence-corrected chi connectivity index (χ2v) is 5.64. The van der Waals surface area contributed by atoms with Crippen LogP contribution in [0.1, 0.15) is 10.4 Å². The zero-order valence-electron chi connectivity index (χ0n) is 12.0. The molecule has 4 heterocycles. The standard InChI is InChI=1S/C14H16N4O4/c1-18-10-2-7(3-15-8(10)4-16-18)14(20)17-9-5-21-13-11(19)6-22-12(9)13/h2-4,9,11-13,19H,5-6H2,1H3,(H,17,20)/t9-,11+,12+,13+/m0/s1. The molecule has 2 aromatic heterocycles. The van der Waals surface area contributed by atoms with Gasteiger partial charge in [0.15, 0.2) is 0 Å². The van der Waals surface area contributed by atoms with Gasteiger partial charge >= 0.3 is 0 Å². The average Bonchev–Trinajstić information content (AvgIpc) is 3.18. The molecule has 22 heavy (non-hydrogen) atoms. The van der Waals surface area contributed by atoms with Crippen LogP contribution in [0.2, 0.25) is 0 Å².